The van der Waals surface area contributed by atoms with E-state index in [0.717, 1.165) is 45.8 Å². The van der Waals surface area contributed by atoms with Gasteiger partial charge in [-0.1, -0.05) is 6.92 Å². The lowest BCUT2D eigenvalue weighted by atomic mass is 10.1. The number of aromatic nitrogens is 2. The number of nitrogens with zero attached hydrogens (tertiary/aromatic N) is 5. The predicted molar refractivity (Wildman–Crippen MR) is 85.7 cm³/mol. The molecular weight excluding hydrogens is 278 g/mol. The molecule has 22 heavy (non-hydrogen) atoms. The van der Waals surface area contributed by atoms with Crippen LogP contribution in [0, 0.1) is 6.92 Å². The van der Waals surface area contributed by atoms with Crippen LogP contribution in [0.4, 0.5) is 0 Å². The standard InChI is InChI=1S/C16H27N5O/c1-4-18-5-7-19(8-6-18)16(22)14(3)20-11-15(12-20)21-10-13(2)9-17-21/h9-10,14-15H,4-8,11-12H2,1-3H3/t14-/m1/s1. The van der Waals surface area contributed by atoms with Crippen LogP contribution < -0.4 is 0 Å². The Kier molecular flexibility index (Phi) is 4.49. The molecule has 122 valence electrons. The second-order valence-electron chi connectivity index (χ2n) is 6.54. The number of carbonyl (C=O) groups excluding carboxylic acids is 1. The smallest absolute Gasteiger partial charge is 0.239 e. The van der Waals surface area contributed by atoms with Crippen molar-refractivity contribution in [1.82, 2.24) is 24.5 Å². The third-order valence-corrected chi connectivity index (χ3v) is 5.03. The van der Waals surface area contributed by atoms with Gasteiger partial charge in [0.15, 0.2) is 0 Å². The molecule has 0 aliphatic carbocycles. The summed E-state index contributed by atoms with van der Waals surface area (Å²) in [5, 5.41) is 4.37. The van der Waals surface area contributed by atoms with Gasteiger partial charge in [0.25, 0.3) is 0 Å². The van der Waals surface area contributed by atoms with Crippen molar-refractivity contribution in [3.8, 4) is 0 Å². The minimum atomic E-state index is -0.0129. The van der Waals surface area contributed by atoms with Gasteiger partial charge in [0.1, 0.15) is 0 Å². The maximum atomic E-state index is 12.6. The van der Waals surface area contributed by atoms with Gasteiger partial charge in [-0.25, -0.2) is 0 Å². The molecule has 0 N–H and O–H groups in total. The molecule has 0 bridgehead atoms. The number of hydrogen-bond donors (Lipinski definition) is 0. The number of carbonyl (C=O) groups is 1. The Morgan fingerprint density at radius 2 is 2.00 bits per heavy atom. The minimum Gasteiger partial charge on any atom is -0.339 e. The van der Waals surface area contributed by atoms with E-state index in [4.69, 9.17) is 0 Å². The summed E-state index contributed by atoms with van der Waals surface area (Å²) in [4.78, 5) is 19.3. The molecule has 1 amide bonds. The maximum Gasteiger partial charge on any atom is 0.239 e. The van der Waals surface area contributed by atoms with Crippen LogP contribution in [0.3, 0.4) is 0 Å². The first-order valence-electron chi connectivity index (χ1n) is 8.34. The van der Waals surface area contributed by atoms with E-state index in [1.165, 1.54) is 5.56 Å². The Morgan fingerprint density at radius 1 is 1.32 bits per heavy atom. The first-order chi connectivity index (χ1) is 10.6. The Morgan fingerprint density at radius 3 is 2.55 bits per heavy atom. The van der Waals surface area contributed by atoms with E-state index in [0.29, 0.717) is 6.04 Å². The van der Waals surface area contributed by atoms with Crippen LogP contribution in [0.5, 0.6) is 0 Å². The topological polar surface area (TPSA) is 44.6 Å². The fraction of sp³-hybridized carbons (Fsp3) is 0.750. The number of hydrogen-bond acceptors (Lipinski definition) is 4. The predicted octanol–water partition coefficient (Wildman–Crippen LogP) is 0.601. The number of aryl methyl sites for hydroxylation is 1. The van der Waals surface area contributed by atoms with Crippen molar-refractivity contribution in [3.63, 3.8) is 0 Å². The van der Waals surface area contributed by atoms with Crippen LogP contribution >= 0.6 is 0 Å². The normalized spacial score (nSPS) is 22.6. The molecule has 0 unspecified atom stereocenters. The summed E-state index contributed by atoms with van der Waals surface area (Å²) in [6.07, 6.45) is 3.98. The Bertz CT molecular complexity index is 514. The molecule has 3 rings (SSSR count). The lowest BCUT2D eigenvalue weighted by Crippen LogP contribution is -2.59. The van der Waals surface area contributed by atoms with Gasteiger partial charge in [0.05, 0.1) is 18.3 Å². The van der Waals surface area contributed by atoms with Gasteiger partial charge in [0.2, 0.25) is 5.91 Å². The average molecular weight is 305 g/mol. The number of likely N-dealkylation sites (tertiary alicyclic amines) is 1. The summed E-state index contributed by atoms with van der Waals surface area (Å²) >= 11 is 0. The van der Waals surface area contributed by atoms with Crippen LogP contribution in [0.1, 0.15) is 25.5 Å². The summed E-state index contributed by atoms with van der Waals surface area (Å²) in [6.45, 7) is 12.9. The van der Waals surface area contributed by atoms with Gasteiger partial charge in [-0.3, -0.25) is 14.4 Å². The van der Waals surface area contributed by atoms with E-state index in [1.807, 2.05) is 22.7 Å². The Balaban J connectivity index is 1.48. The largest absolute Gasteiger partial charge is 0.339 e. The molecule has 6 heteroatoms. The van der Waals surface area contributed by atoms with E-state index in [1.54, 1.807) is 0 Å². The molecule has 2 aliphatic rings. The molecule has 2 fully saturated rings. The van der Waals surface area contributed by atoms with E-state index in [-0.39, 0.29) is 11.9 Å². The highest BCUT2D eigenvalue weighted by Gasteiger charge is 2.36. The van der Waals surface area contributed by atoms with Gasteiger partial charge < -0.3 is 9.80 Å². The second-order valence-corrected chi connectivity index (χ2v) is 6.54. The second kappa shape index (κ2) is 6.38. The highest BCUT2D eigenvalue weighted by atomic mass is 16.2. The molecule has 2 saturated heterocycles. The van der Waals surface area contributed by atoms with Crippen molar-refractivity contribution >= 4 is 5.91 Å². The van der Waals surface area contributed by atoms with E-state index in [9.17, 15) is 4.79 Å². The van der Waals surface area contributed by atoms with Crippen LogP contribution in [-0.4, -0.2) is 82.2 Å². The van der Waals surface area contributed by atoms with Crippen molar-refractivity contribution in [2.45, 2.75) is 32.9 Å². The fourth-order valence-corrected chi connectivity index (χ4v) is 3.31. The van der Waals surface area contributed by atoms with Gasteiger partial charge in [0, 0.05) is 45.5 Å². The molecule has 2 aliphatic heterocycles. The van der Waals surface area contributed by atoms with Crippen LogP contribution in [0.15, 0.2) is 12.4 Å². The molecule has 6 nitrogen and oxygen atoms in total. The quantitative estimate of drug-likeness (QED) is 0.817. The molecule has 0 radical (unpaired) electrons. The molecule has 0 spiro atoms. The van der Waals surface area contributed by atoms with Crippen molar-refractivity contribution in [2.24, 2.45) is 0 Å². The highest BCUT2D eigenvalue weighted by Crippen LogP contribution is 2.24. The Hall–Kier alpha value is -1.40. The zero-order valence-electron chi connectivity index (χ0n) is 13.9. The fourth-order valence-electron chi connectivity index (χ4n) is 3.31. The van der Waals surface area contributed by atoms with Gasteiger partial charge >= 0.3 is 0 Å². The summed E-state index contributed by atoms with van der Waals surface area (Å²) in [6, 6.07) is 0.405. The minimum absolute atomic E-state index is 0.0129. The first kappa shape index (κ1) is 15.5. The van der Waals surface area contributed by atoms with Gasteiger partial charge in [-0.2, -0.15) is 5.10 Å². The van der Waals surface area contributed by atoms with Crippen LogP contribution in [-0.2, 0) is 4.79 Å². The van der Waals surface area contributed by atoms with Crippen molar-refractivity contribution in [3.05, 3.63) is 18.0 Å². The zero-order chi connectivity index (χ0) is 15.7. The summed E-state index contributed by atoms with van der Waals surface area (Å²) in [7, 11) is 0. The molecule has 1 atom stereocenters. The number of rotatable bonds is 4. The number of likely N-dealkylation sites (N-methyl/N-ethyl adjacent to an activating group) is 1. The molecule has 0 saturated carbocycles. The third-order valence-electron chi connectivity index (χ3n) is 5.03. The molecule has 1 aromatic rings. The lowest BCUT2D eigenvalue weighted by Gasteiger charge is -2.44. The summed E-state index contributed by atoms with van der Waals surface area (Å²) in [5.41, 5.74) is 1.19. The lowest BCUT2D eigenvalue weighted by molar-refractivity contribution is -0.140. The zero-order valence-corrected chi connectivity index (χ0v) is 13.9. The van der Waals surface area contributed by atoms with Crippen molar-refractivity contribution in [2.75, 3.05) is 45.8 Å². The van der Waals surface area contributed by atoms with E-state index in [2.05, 4.69) is 34.9 Å². The van der Waals surface area contributed by atoms with E-state index < -0.39 is 0 Å². The van der Waals surface area contributed by atoms with Crippen molar-refractivity contribution < 1.29 is 4.79 Å². The van der Waals surface area contributed by atoms with Gasteiger partial charge in [-0.15, -0.1) is 0 Å². The van der Waals surface area contributed by atoms with Crippen LogP contribution in [0.25, 0.3) is 0 Å². The SMILES string of the molecule is CCN1CCN(C(=O)[C@@H](C)N2CC(n3cc(C)cn3)C2)CC1. The highest BCUT2D eigenvalue weighted by molar-refractivity contribution is 5.81. The maximum absolute atomic E-state index is 12.6. The first-order valence-corrected chi connectivity index (χ1v) is 8.34. The molecule has 3 heterocycles. The van der Waals surface area contributed by atoms with E-state index >= 15 is 0 Å². The molecular formula is C16H27N5O. The summed E-state index contributed by atoms with van der Waals surface area (Å²) in [5.74, 6) is 0.283. The van der Waals surface area contributed by atoms with Crippen LogP contribution in [0.2, 0.25) is 0 Å². The average Bonchev–Trinajstić information content (AvgIpc) is 2.91. The number of piperazine rings is 1. The summed E-state index contributed by atoms with van der Waals surface area (Å²) < 4.78 is 2.03. The Labute approximate surface area is 132 Å². The monoisotopic (exact) mass is 305 g/mol. The third kappa shape index (κ3) is 3.03. The van der Waals surface area contributed by atoms with Crippen molar-refractivity contribution in [1.29, 1.82) is 0 Å². The molecule has 1 aromatic heterocycles. The molecule has 0 aromatic carbocycles. The number of amides is 1. The van der Waals surface area contributed by atoms with Gasteiger partial charge in [-0.05, 0) is 26.0 Å².